The third kappa shape index (κ3) is 2.26. The summed E-state index contributed by atoms with van der Waals surface area (Å²) in [5, 5.41) is 0. The van der Waals surface area contributed by atoms with Gasteiger partial charge in [-0.05, 0) is 23.0 Å². The van der Waals surface area contributed by atoms with E-state index in [9.17, 15) is 0 Å². The van der Waals surface area contributed by atoms with Crippen molar-refractivity contribution in [1.29, 1.82) is 0 Å². The van der Waals surface area contributed by atoms with E-state index in [0.29, 0.717) is 0 Å². The summed E-state index contributed by atoms with van der Waals surface area (Å²) in [6.07, 6.45) is 0. The molecule has 0 atom stereocenters. The summed E-state index contributed by atoms with van der Waals surface area (Å²) >= 11 is 5.93. The maximum absolute atomic E-state index is 2.40. The van der Waals surface area contributed by atoms with Gasteiger partial charge in [-0.2, -0.15) is 0 Å². The Morgan fingerprint density at radius 2 is 1.00 bits per heavy atom. The Kier molecular flexibility index (Phi) is 2.91. The monoisotopic (exact) mass is 308 g/mol. The maximum Gasteiger partial charge on any atom is 0.0632 e. The summed E-state index contributed by atoms with van der Waals surface area (Å²) in [5.74, 6) is 0. The molecule has 3 heteroatoms. The summed E-state index contributed by atoms with van der Waals surface area (Å²) in [6.45, 7) is 13.8. The second-order valence-electron chi connectivity index (χ2n) is 7.21. The quantitative estimate of drug-likeness (QED) is 0.430. The summed E-state index contributed by atoms with van der Waals surface area (Å²) in [5.41, 5.74) is 0.527. The molecule has 0 nitrogen and oxygen atoms in total. The second-order valence-corrected chi connectivity index (χ2v) is 10.4. The number of hydrogen-bond acceptors (Lipinski definition) is 3. The number of rotatable bonds is 0. The highest BCUT2D eigenvalue weighted by Gasteiger charge is 2.22. The van der Waals surface area contributed by atoms with Gasteiger partial charge in [-0.3, -0.25) is 0 Å². The van der Waals surface area contributed by atoms with Crippen LogP contribution in [0.25, 0.3) is 18.8 Å². The van der Waals surface area contributed by atoms with E-state index in [2.05, 4.69) is 53.7 Å². The highest BCUT2D eigenvalue weighted by Crippen LogP contribution is 2.47. The van der Waals surface area contributed by atoms with Crippen LogP contribution in [-0.4, -0.2) is 0 Å². The van der Waals surface area contributed by atoms with E-state index < -0.39 is 0 Å². The van der Waals surface area contributed by atoms with Gasteiger partial charge in [0.1, 0.15) is 0 Å². The first-order chi connectivity index (χ1) is 8.66. The predicted molar refractivity (Wildman–Crippen MR) is 92.5 cm³/mol. The van der Waals surface area contributed by atoms with Crippen LogP contribution >= 0.6 is 34.0 Å². The van der Waals surface area contributed by atoms with Gasteiger partial charge in [-0.1, -0.05) is 41.5 Å². The van der Waals surface area contributed by atoms with Crippen LogP contribution < -0.4 is 0 Å². The van der Waals surface area contributed by atoms with Crippen LogP contribution in [0.2, 0.25) is 0 Å². The van der Waals surface area contributed by atoms with Crippen molar-refractivity contribution in [3.63, 3.8) is 0 Å². The van der Waals surface area contributed by atoms with Crippen LogP contribution in [0.4, 0.5) is 0 Å². The Morgan fingerprint density at radius 3 is 1.32 bits per heavy atom. The summed E-state index contributed by atoms with van der Waals surface area (Å²) < 4.78 is 5.95. The standard InChI is InChI=1S/C16H20S3/c1-15(2,3)11-7-9-13(18-11)14-10(17-9)8-12(19-14)16(4,5)6/h7-8H,1-6H3. The Morgan fingerprint density at radius 1 is 0.632 bits per heavy atom. The van der Waals surface area contributed by atoms with Gasteiger partial charge in [0.05, 0.1) is 9.40 Å². The Balaban J connectivity index is 2.22. The van der Waals surface area contributed by atoms with Crippen molar-refractivity contribution in [1.82, 2.24) is 0 Å². The number of thiophene rings is 3. The van der Waals surface area contributed by atoms with E-state index in [4.69, 9.17) is 0 Å². The first-order valence-corrected chi connectivity index (χ1v) is 9.08. The lowest BCUT2D eigenvalue weighted by atomic mass is 9.95. The van der Waals surface area contributed by atoms with Crippen LogP contribution in [0, 0.1) is 0 Å². The lowest BCUT2D eigenvalue weighted by Crippen LogP contribution is -2.07. The number of hydrogen-bond donors (Lipinski definition) is 0. The van der Waals surface area contributed by atoms with Crippen molar-refractivity contribution < 1.29 is 0 Å². The number of fused-ring (bicyclic) bond motifs is 3. The van der Waals surface area contributed by atoms with E-state index in [1.54, 1.807) is 0 Å². The minimum absolute atomic E-state index is 0.264. The van der Waals surface area contributed by atoms with E-state index in [1.165, 1.54) is 28.6 Å². The van der Waals surface area contributed by atoms with Gasteiger partial charge >= 0.3 is 0 Å². The molecule has 0 aliphatic rings. The predicted octanol–water partition coefficient (Wildman–Crippen LogP) is 6.77. The molecule has 0 unspecified atom stereocenters. The van der Waals surface area contributed by atoms with Crippen LogP contribution in [0.3, 0.4) is 0 Å². The minimum Gasteiger partial charge on any atom is -0.137 e. The first-order valence-electron chi connectivity index (χ1n) is 6.63. The molecule has 0 N–H and O–H groups in total. The normalized spacial score (nSPS) is 13.8. The molecule has 0 bridgehead atoms. The van der Waals surface area contributed by atoms with Gasteiger partial charge < -0.3 is 0 Å². The molecular formula is C16H20S3. The first kappa shape index (κ1) is 13.6. The van der Waals surface area contributed by atoms with E-state index >= 15 is 0 Å². The summed E-state index contributed by atoms with van der Waals surface area (Å²) in [7, 11) is 0. The molecule has 0 spiro atoms. The van der Waals surface area contributed by atoms with Gasteiger partial charge in [-0.25, -0.2) is 0 Å². The molecule has 102 valence electrons. The van der Waals surface area contributed by atoms with E-state index in [1.807, 2.05) is 34.0 Å². The molecule has 19 heavy (non-hydrogen) atoms. The molecule has 0 aliphatic heterocycles. The van der Waals surface area contributed by atoms with Crippen LogP contribution in [-0.2, 0) is 10.8 Å². The molecule has 0 aliphatic carbocycles. The fourth-order valence-corrected chi connectivity index (χ4v) is 6.21. The lowest BCUT2D eigenvalue weighted by Gasteiger charge is -2.15. The highest BCUT2D eigenvalue weighted by molar-refractivity contribution is 7.38. The van der Waals surface area contributed by atoms with Crippen molar-refractivity contribution in [2.75, 3.05) is 0 Å². The zero-order valence-corrected chi connectivity index (χ0v) is 14.8. The van der Waals surface area contributed by atoms with Gasteiger partial charge in [-0.15, -0.1) is 34.0 Å². The highest BCUT2D eigenvalue weighted by atomic mass is 32.1. The minimum atomic E-state index is 0.264. The van der Waals surface area contributed by atoms with Crippen molar-refractivity contribution >= 4 is 52.8 Å². The average molecular weight is 309 g/mol. The third-order valence-electron chi connectivity index (χ3n) is 3.30. The Hall–Kier alpha value is -0.380. The van der Waals surface area contributed by atoms with Gasteiger partial charge in [0.2, 0.25) is 0 Å². The zero-order valence-electron chi connectivity index (χ0n) is 12.4. The smallest absolute Gasteiger partial charge is 0.0632 e. The molecule has 0 amide bonds. The Labute approximate surface area is 127 Å². The molecule has 0 saturated heterocycles. The zero-order chi connectivity index (χ0) is 14.0. The van der Waals surface area contributed by atoms with Crippen molar-refractivity contribution in [3.8, 4) is 0 Å². The van der Waals surface area contributed by atoms with Gasteiger partial charge in [0, 0.05) is 19.2 Å². The molecule has 0 radical (unpaired) electrons. The molecule has 3 aromatic rings. The molecule has 0 aromatic carbocycles. The van der Waals surface area contributed by atoms with E-state index in [0.717, 1.165) is 0 Å². The summed E-state index contributed by atoms with van der Waals surface area (Å²) in [4.78, 5) is 3.00. The van der Waals surface area contributed by atoms with Crippen molar-refractivity contribution in [2.45, 2.75) is 52.4 Å². The molecule has 0 fully saturated rings. The lowest BCUT2D eigenvalue weighted by molar-refractivity contribution is 0.604. The van der Waals surface area contributed by atoms with Crippen LogP contribution in [0.15, 0.2) is 12.1 Å². The third-order valence-corrected chi connectivity index (χ3v) is 7.93. The van der Waals surface area contributed by atoms with Crippen LogP contribution in [0.1, 0.15) is 51.3 Å². The van der Waals surface area contributed by atoms with Crippen molar-refractivity contribution in [2.24, 2.45) is 0 Å². The topological polar surface area (TPSA) is 0 Å². The van der Waals surface area contributed by atoms with Gasteiger partial charge in [0.25, 0.3) is 0 Å². The molecule has 3 rings (SSSR count). The fraction of sp³-hybridized carbons (Fsp3) is 0.500. The average Bonchev–Trinajstić information content (AvgIpc) is 2.81. The second kappa shape index (κ2) is 4.06. The van der Waals surface area contributed by atoms with Crippen molar-refractivity contribution in [3.05, 3.63) is 21.9 Å². The maximum atomic E-state index is 2.40. The van der Waals surface area contributed by atoms with E-state index in [-0.39, 0.29) is 10.8 Å². The molecular weight excluding hydrogens is 288 g/mol. The SMILES string of the molecule is CC(C)(C)c1cc2sc3cc(C(C)(C)C)sc3c2s1. The molecule has 3 aromatic heterocycles. The molecule has 3 heterocycles. The van der Waals surface area contributed by atoms with Crippen LogP contribution in [0.5, 0.6) is 0 Å². The Bertz CT molecular complexity index is 676. The van der Waals surface area contributed by atoms with Gasteiger partial charge in [0.15, 0.2) is 0 Å². The largest absolute Gasteiger partial charge is 0.137 e. The molecule has 0 saturated carbocycles. The fourth-order valence-electron chi connectivity index (χ4n) is 2.07. The summed E-state index contributed by atoms with van der Waals surface area (Å²) in [6, 6.07) is 4.79.